The predicted octanol–water partition coefficient (Wildman–Crippen LogP) is 4.49. The van der Waals surface area contributed by atoms with Crippen LogP contribution in [-0.4, -0.2) is 19.9 Å². The van der Waals surface area contributed by atoms with Crippen molar-refractivity contribution >= 4 is 0 Å². The van der Waals surface area contributed by atoms with Crippen LogP contribution < -0.4 is 0 Å². The predicted molar refractivity (Wildman–Crippen MR) is 90.7 cm³/mol. The largest absolute Gasteiger partial charge is 0.349 e. The van der Waals surface area contributed by atoms with E-state index in [0.717, 1.165) is 30.9 Å². The smallest absolute Gasteiger partial charge is 0.112 e. The van der Waals surface area contributed by atoms with Crippen molar-refractivity contribution in [1.29, 1.82) is 0 Å². The van der Waals surface area contributed by atoms with E-state index in [1.807, 2.05) is 24.8 Å². The highest BCUT2D eigenvalue weighted by Crippen LogP contribution is 2.37. The van der Waals surface area contributed by atoms with Crippen LogP contribution in [0, 0.1) is 11.8 Å². The topological polar surface area (TPSA) is 57.4 Å². The number of hydrogen-bond acceptors (Lipinski definition) is 2. The van der Waals surface area contributed by atoms with E-state index in [1.54, 1.807) is 0 Å². The van der Waals surface area contributed by atoms with Gasteiger partial charge in [-0.05, 0) is 37.5 Å². The molecule has 22 heavy (non-hydrogen) atoms. The molecule has 0 atom stereocenters. The first-order valence-electron chi connectivity index (χ1n) is 8.50. The van der Waals surface area contributed by atoms with E-state index in [1.165, 1.54) is 12.8 Å². The highest BCUT2D eigenvalue weighted by atomic mass is 14.9. The Bertz CT molecular complexity index is 499. The van der Waals surface area contributed by atoms with E-state index < -0.39 is 0 Å². The number of rotatable bonds is 9. The van der Waals surface area contributed by atoms with Crippen LogP contribution in [0.5, 0.6) is 0 Å². The molecule has 0 saturated carbocycles. The van der Waals surface area contributed by atoms with Crippen LogP contribution in [0.2, 0.25) is 0 Å². The molecule has 2 rings (SSSR count). The first-order valence-corrected chi connectivity index (χ1v) is 8.50. The van der Waals surface area contributed by atoms with Crippen LogP contribution in [0.15, 0.2) is 24.8 Å². The number of nitrogens with one attached hydrogen (secondary N) is 2. The Morgan fingerprint density at radius 1 is 0.909 bits per heavy atom. The van der Waals surface area contributed by atoms with Crippen molar-refractivity contribution in [1.82, 2.24) is 19.9 Å². The number of aromatic amines is 2. The Balaban J connectivity index is 2.28. The van der Waals surface area contributed by atoms with Crippen LogP contribution in [0.4, 0.5) is 0 Å². The summed E-state index contributed by atoms with van der Waals surface area (Å²) in [5.41, 5.74) is 0.0515. The van der Waals surface area contributed by atoms with Crippen LogP contribution in [0.25, 0.3) is 0 Å². The zero-order chi connectivity index (χ0) is 16.0. The van der Waals surface area contributed by atoms with Crippen LogP contribution in [-0.2, 0) is 11.8 Å². The van der Waals surface area contributed by atoms with Gasteiger partial charge in [0.1, 0.15) is 11.6 Å². The summed E-state index contributed by atoms with van der Waals surface area (Å²) in [5, 5.41) is 0. The van der Waals surface area contributed by atoms with Crippen molar-refractivity contribution in [3.63, 3.8) is 0 Å². The maximum absolute atomic E-state index is 4.63. The second kappa shape index (κ2) is 7.61. The Labute approximate surface area is 134 Å². The second-order valence-corrected chi connectivity index (χ2v) is 7.30. The summed E-state index contributed by atoms with van der Waals surface area (Å²) in [5.74, 6) is 3.57. The molecule has 2 aromatic rings. The highest BCUT2D eigenvalue weighted by molar-refractivity contribution is 5.13. The van der Waals surface area contributed by atoms with E-state index in [2.05, 4.69) is 47.6 Å². The normalized spacial score (nSPS) is 12.5. The molecule has 0 spiro atoms. The SMILES string of the molecule is CC(C)CCC(CCC(C)C)(Cc1ncc[nH]1)c1ncc[nH]1. The molecule has 0 fully saturated rings. The monoisotopic (exact) mass is 302 g/mol. The van der Waals surface area contributed by atoms with Crippen molar-refractivity contribution in [2.45, 2.75) is 65.2 Å². The van der Waals surface area contributed by atoms with Gasteiger partial charge in [0.15, 0.2) is 0 Å². The minimum absolute atomic E-state index is 0.0515. The van der Waals surface area contributed by atoms with Crippen LogP contribution >= 0.6 is 0 Å². The molecule has 0 aliphatic heterocycles. The lowest BCUT2D eigenvalue weighted by Gasteiger charge is -2.33. The van der Waals surface area contributed by atoms with Gasteiger partial charge in [-0.1, -0.05) is 27.7 Å². The van der Waals surface area contributed by atoms with Gasteiger partial charge >= 0.3 is 0 Å². The van der Waals surface area contributed by atoms with Crippen molar-refractivity contribution in [3.05, 3.63) is 36.4 Å². The fourth-order valence-electron chi connectivity index (χ4n) is 3.02. The molecule has 122 valence electrons. The molecule has 4 heteroatoms. The molecular formula is C18H30N4. The molecule has 4 nitrogen and oxygen atoms in total. The third-order valence-electron chi connectivity index (χ3n) is 4.46. The average molecular weight is 302 g/mol. The molecular weight excluding hydrogens is 272 g/mol. The van der Waals surface area contributed by atoms with Gasteiger partial charge < -0.3 is 9.97 Å². The van der Waals surface area contributed by atoms with Crippen LogP contribution in [0.1, 0.15) is 65.0 Å². The van der Waals surface area contributed by atoms with Gasteiger partial charge in [0, 0.05) is 36.6 Å². The maximum Gasteiger partial charge on any atom is 0.112 e. The number of aromatic nitrogens is 4. The molecule has 0 bridgehead atoms. The maximum atomic E-state index is 4.63. The van der Waals surface area contributed by atoms with Gasteiger partial charge in [-0.25, -0.2) is 9.97 Å². The number of H-pyrrole nitrogens is 2. The second-order valence-electron chi connectivity index (χ2n) is 7.30. The van der Waals surface area contributed by atoms with Crippen molar-refractivity contribution in [2.75, 3.05) is 0 Å². The van der Waals surface area contributed by atoms with E-state index in [0.29, 0.717) is 11.8 Å². The molecule has 0 unspecified atom stereocenters. The van der Waals surface area contributed by atoms with Crippen molar-refractivity contribution in [2.24, 2.45) is 11.8 Å². The highest BCUT2D eigenvalue weighted by Gasteiger charge is 2.35. The lowest BCUT2D eigenvalue weighted by atomic mass is 9.73. The van der Waals surface area contributed by atoms with Crippen molar-refractivity contribution in [3.8, 4) is 0 Å². The number of nitrogens with zero attached hydrogens (tertiary/aromatic N) is 2. The minimum Gasteiger partial charge on any atom is -0.349 e. The molecule has 0 amide bonds. The molecule has 0 radical (unpaired) electrons. The van der Waals surface area contributed by atoms with Gasteiger partial charge in [-0.15, -0.1) is 0 Å². The van der Waals surface area contributed by atoms with E-state index in [9.17, 15) is 0 Å². The average Bonchev–Trinajstić information content (AvgIpc) is 3.15. The summed E-state index contributed by atoms with van der Waals surface area (Å²) in [6.45, 7) is 9.18. The summed E-state index contributed by atoms with van der Waals surface area (Å²) >= 11 is 0. The molecule has 2 heterocycles. The Morgan fingerprint density at radius 3 is 1.95 bits per heavy atom. The third kappa shape index (κ3) is 4.46. The van der Waals surface area contributed by atoms with Gasteiger partial charge in [-0.2, -0.15) is 0 Å². The minimum atomic E-state index is 0.0515. The number of imidazole rings is 2. The standard InChI is InChI=1S/C18H30N4/c1-14(2)5-7-18(8-6-15(3)4,17-21-11-12-22-17)13-16-19-9-10-20-16/h9-12,14-15H,5-8,13H2,1-4H3,(H,19,20)(H,21,22). The lowest BCUT2D eigenvalue weighted by molar-refractivity contribution is 0.288. The van der Waals surface area contributed by atoms with E-state index in [4.69, 9.17) is 0 Å². The van der Waals surface area contributed by atoms with E-state index in [-0.39, 0.29) is 5.41 Å². The molecule has 0 aromatic carbocycles. The molecule has 0 aliphatic rings. The third-order valence-corrected chi connectivity index (χ3v) is 4.46. The Hall–Kier alpha value is -1.58. The van der Waals surface area contributed by atoms with Crippen LogP contribution in [0.3, 0.4) is 0 Å². The molecule has 0 aliphatic carbocycles. The molecule has 0 saturated heterocycles. The van der Waals surface area contributed by atoms with E-state index >= 15 is 0 Å². The molecule has 2 N–H and O–H groups in total. The Morgan fingerprint density at radius 2 is 1.50 bits per heavy atom. The first kappa shape index (κ1) is 16.8. The zero-order valence-corrected chi connectivity index (χ0v) is 14.4. The first-order chi connectivity index (χ1) is 10.5. The number of hydrogen-bond donors (Lipinski definition) is 2. The molecule has 2 aromatic heterocycles. The van der Waals surface area contributed by atoms with Gasteiger partial charge in [0.2, 0.25) is 0 Å². The fourth-order valence-corrected chi connectivity index (χ4v) is 3.02. The van der Waals surface area contributed by atoms with Crippen molar-refractivity contribution < 1.29 is 0 Å². The fraction of sp³-hybridized carbons (Fsp3) is 0.667. The van der Waals surface area contributed by atoms with Gasteiger partial charge in [0.25, 0.3) is 0 Å². The van der Waals surface area contributed by atoms with Gasteiger partial charge in [0.05, 0.1) is 0 Å². The summed E-state index contributed by atoms with van der Waals surface area (Å²) in [4.78, 5) is 15.8. The summed E-state index contributed by atoms with van der Waals surface area (Å²) < 4.78 is 0. The summed E-state index contributed by atoms with van der Waals surface area (Å²) in [7, 11) is 0. The zero-order valence-electron chi connectivity index (χ0n) is 14.4. The summed E-state index contributed by atoms with van der Waals surface area (Å²) in [6, 6.07) is 0. The quantitative estimate of drug-likeness (QED) is 0.717. The summed E-state index contributed by atoms with van der Waals surface area (Å²) in [6.07, 6.45) is 13.2. The Kier molecular flexibility index (Phi) is 5.81. The van der Waals surface area contributed by atoms with Gasteiger partial charge in [-0.3, -0.25) is 0 Å². The lowest BCUT2D eigenvalue weighted by Crippen LogP contribution is -2.32.